The van der Waals surface area contributed by atoms with E-state index in [0.29, 0.717) is 0 Å². The molecule has 0 heterocycles. The summed E-state index contributed by atoms with van der Waals surface area (Å²) in [6, 6.07) is 0. The van der Waals surface area contributed by atoms with Gasteiger partial charge in [-0.05, 0) is 6.92 Å². The fourth-order valence-electron chi connectivity index (χ4n) is 0.245. The van der Waals surface area contributed by atoms with E-state index in [9.17, 15) is 14.1 Å². The monoisotopic (exact) mass is 152 g/mol. The number of carboxylic acids is 1. The van der Waals surface area contributed by atoms with E-state index in [1.807, 2.05) is 0 Å². The number of hydrogen-bond acceptors (Lipinski definition) is 2. The third-order valence-corrected chi connectivity index (χ3v) is 1.89. The van der Waals surface area contributed by atoms with Gasteiger partial charge in [-0.3, -0.25) is 0 Å². The minimum absolute atomic E-state index is 0.0352. The molecular weight excluding hydrogens is 146 g/mol. The lowest BCUT2D eigenvalue weighted by Crippen LogP contribution is -2.10. The zero-order chi connectivity index (χ0) is 7.44. The Morgan fingerprint density at radius 3 is 2.44 bits per heavy atom. The molecule has 3 nitrogen and oxygen atoms in total. The molecule has 0 saturated carbocycles. The van der Waals surface area contributed by atoms with Gasteiger partial charge in [0.15, 0.2) is 0 Å². The fraction of sp³-hybridized carbons (Fsp3) is 0.500. The Balaban J connectivity index is 4.28. The van der Waals surface area contributed by atoms with Crippen LogP contribution in [-0.2, 0) is 4.79 Å². The summed E-state index contributed by atoms with van der Waals surface area (Å²) in [6.07, 6.45) is 0.0352. The molecule has 0 saturated heterocycles. The Bertz CT molecular complexity index is 154. The number of halogens is 1. The molecule has 0 aromatic carbocycles. The molecule has 0 rings (SSSR count). The van der Waals surface area contributed by atoms with E-state index >= 15 is 0 Å². The predicted molar refractivity (Wildman–Crippen MR) is 31.2 cm³/mol. The first kappa shape index (κ1) is 8.53. The van der Waals surface area contributed by atoms with E-state index in [1.165, 1.54) is 6.92 Å². The SMILES string of the molecule is CC[P+]([O-])=C(F)C(=O)O. The maximum atomic E-state index is 12.0. The number of aliphatic carboxylic acids is 1. The summed E-state index contributed by atoms with van der Waals surface area (Å²) in [7, 11) is -2.28. The number of rotatable bonds is 2. The van der Waals surface area contributed by atoms with Gasteiger partial charge in [0.2, 0.25) is 0 Å². The normalized spacial score (nSPS) is 12.8. The van der Waals surface area contributed by atoms with Crippen molar-refractivity contribution in [2.75, 3.05) is 6.16 Å². The van der Waals surface area contributed by atoms with Gasteiger partial charge >= 0.3 is 11.5 Å². The van der Waals surface area contributed by atoms with Crippen molar-refractivity contribution in [1.29, 1.82) is 0 Å². The van der Waals surface area contributed by atoms with Crippen molar-refractivity contribution in [3.63, 3.8) is 0 Å². The highest BCUT2D eigenvalue weighted by atomic mass is 31.1. The zero-order valence-corrected chi connectivity index (χ0v) is 5.69. The minimum atomic E-state index is -2.28. The number of carboxylic acid groups (broad SMARTS) is 1. The summed E-state index contributed by atoms with van der Waals surface area (Å²) in [6.45, 7) is 1.46. The fourth-order valence-corrected chi connectivity index (χ4v) is 0.736. The van der Waals surface area contributed by atoms with Crippen LogP contribution in [0.25, 0.3) is 0 Å². The molecule has 0 aromatic rings. The van der Waals surface area contributed by atoms with Gasteiger partial charge in [-0.15, -0.1) is 4.39 Å². The van der Waals surface area contributed by atoms with Crippen LogP contribution in [0.15, 0.2) is 0 Å². The van der Waals surface area contributed by atoms with E-state index in [4.69, 9.17) is 5.11 Å². The molecule has 0 amide bonds. The lowest BCUT2D eigenvalue weighted by molar-refractivity contribution is -0.153. The number of carbonyl (C=O) groups is 1. The van der Waals surface area contributed by atoms with Crippen LogP contribution in [-0.4, -0.2) is 22.8 Å². The minimum Gasteiger partial charge on any atom is -0.628 e. The van der Waals surface area contributed by atoms with Crippen molar-refractivity contribution in [1.82, 2.24) is 0 Å². The van der Waals surface area contributed by atoms with Crippen molar-refractivity contribution in [3.8, 4) is 0 Å². The van der Waals surface area contributed by atoms with Crippen LogP contribution in [0.3, 0.4) is 0 Å². The molecule has 1 atom stereocenters. The molecule has 1 unspecified atom stereocenters. The van der Waals surface area contributed by atoms with Crippen molar-refractivity contribution in [3.05, 3.63) is 0 Å². The highest BCUT2D eigenvalue weighted by Gasteiger charge is 2.15. The van der Waals surface area contributed by atoms with Gasteiger partial charge < -0.3 is 10.00 Å². The predicted octanol–water partition coefficient (Wildman–Crippen LogP) is -0.0525. The second-order valence-electron chi connectivity index (χ2n) is 1.29. The average molecular weight is 152 g/mol. The van der Waals surface area contributed by atoms with Crippen molar-refractivity contribution >= 4 is 19.3 Å². The summed E-state index contributed by atoms with van der Waals surface area (Å²) in [5.74, 6) is -1.72. The van der Waals surface area contributed by atoms with E-state index in [2.05, 4.69) is 0 Å². The Morgan fingerprint density at radius 1 is 1.89 bits per heavy atom. The first-order valence-corrected chi connectivity index (χ1v) is 3.74. The topological polar surface area (TPSA) is 60.4 Å². The highest BCUT2D eigenvalue weighted by Crippen LogP contribution is 2.12. The summed E-state index contributed by atoms with van der Waals surface area (Å²) >= 11 is 0. The van der Waals surface area contributed by atoms with Gasteiger partial charge in [-0.25, -0.2) is 4.79 Å². The van der Waals surface area contributed by atoms with Crippen LogP contribution < -0.4 is 4.89 Å². The third-order valence-electron chi connectivity index (χ3n) is 0.683. The summed E-state index contributed by atoms with van der Waals surface area (Å²) in [5.41, 5.74) is -1.44. The van der Waals surface area contributed by atoms with Crippen molar-refractivity contribution in [2.45, 2.75) is 6.92 Å². The second kappa shape index (κ2) is 3.54. The Hall–Kier alpha value is -0.470. The smallest absolute Gasteiger partial charge is 0.408 e. The van der Waals surface area contributed by atoms with Gasteiger partial charge in [0.05, 0.1) is 7.77 Å². The highest BCUT2D eigenvalue weighted by molar-refractivity contribution is 7.53. The molecule has 0 fully saturated rings. The molecule has 0 spiro atoms. The first-order valence-electron chi connectivity index (χ1n) is 2.30. The first-order chi connectivity index (χ1) is 4.09. The molecule has 9 heavy (non-hydrogen) atoms. The lowest BCUT2D eigenvalue weighted by Gasteiger charge is -1.90. The van der Waals surface area contributed by atoms with Crippen LogP contribution >= 0.6 is 7.77 Å². The molecule has 0 radical (unpaired) electrons. The molecule has 0 aliphatic carbocycles. The standard InChI is InChI=1S/C4H6FO3P/c1-2-9(8)3(5)4(6)7/h2H2,1H3,(H,6,7). The Kier molecular flexibility index (Phi) is 3.35. The van der Waals surface area contributed by atoms with E-state index in [0.717, 1.165) is 0 Å². The third kappa shape index (κ3) is 2.54. The van der Waals surface area contributed by atoms with Gasteiger partial charge in [0.25, 0.3) is 0 Å². The molecule has 0 bridgehead atoms. The molecule has 5 heteroatoms. The van der Waals surface area contributed by atoms with E-state index < -0.39 is 19.3 Å². The molecule has 0 aromatic heterocycles. The lowest BCUT2D eigenvalue weighted by atomic mass is 10.8. The molecule has 0 aliphatic rings. The quantitative estimate of drug-likeness (QED) is 0.564. The van der Waals surface area contributed by atoms with Crippen LogP contribution in [0.2, 0.25) is 0 Å². The summed E-state index contributed by atoms with van der Waals surface area (Å²) in [5, 5.41) is 7.89. The Morgan fingerprint density at radius 2 is 2.33 bits per heavy atom. The van der Waals surface area contributed by atoms with Gasteiger partial charge in [0, 0.05) is 0 Å². The maximum absolute atomic E-state index is 12.0. The molecule has 52 valence electrons. The maximum Gasteiger partial charge on any atom is 0.408 e. The van der Waals surface area contributed by atoms with Crippen LogP contribution in [0.1, 0.15) is 6.92 Å². The summed E-state index contributed by atoms with van der Waals surface area (Å²) in [4.78, 5) is 20.0. The largest absolute Gasteiger partial charge is 0.628 e. The Labute approximate surface area is 52.6 Å². The van der Waals surface area contributed by atoms with Gasteiger partial charge in [-0.2, -0.15) is 0 Å². The van der Waals surface area contributed by atoms with Gasteiger partial charge in [0.1, 0.15) is 6.16 Å². The second-order valence-corrected chi connectivity index (χ2v) is 3.07. The molecule has 0 aliphatic heterocycles. The van der Waals surface area contributed by atoms with E-state index in [-0.39, 0.29) is 6.16 Å². The molecule has 1 N–H and O–H groups in total. The zero-order valence-electron chi connectivity index (χ0n) is 4.80. The average Bonchev–Trinajstić information content (AvgIpc) is 1.84. The summed E-state index contributed by atoms with van der Waals surface area (Å²) < 4.78 is 12.0. The van der Waals surface area contributed by atoms with Crippen LogP contribution in [0.5, 0.6) is 0 Å². The van der Waals surface area contributed by atoms with Crippen molar-refractivity contribution < 1.29 is 19.2 Å². The van der Waals surface area contributed by atoms with E-state index in [1.54, 1.807) is 0 Å². The number of hydrogen-bond donors (Lipinski definition) is 1. The van der Waals surface area contributed by atoms with Crippen LogP contribution in [0, 0.1) is 0 Å². The molecular formula is C4H6FO3P. The van der Waals surface area contributed by atoms with Gasteiger partial charge in [-0.1, -0.05) is 0 Å². The van der Waals surface area contributed by atoms with Crippen molar-refractivity contribution in [2.24, 2.45) is 0 Å². The van der Waals surface area contributed by atoms with Crippen LogP contribution in [0.4, 0.5) is 4.39 Å².